The van der Waals surface area contributed by atoms with Gasteiger partial charge < -0.3 is 4.74 Å². The molecule has 1 amide bonds. The predicted molar refractivity (Wildman–Crippen MR) is 114 cm³/mol. The molecule has 0 spiro atoms. The quantitative estimate of drug-likeness (QED) is 0.717. The van der Waals surface area contributed by atoms with Gasteiger partial charge >= 0.3 is 0 Å². The van der Waals surface area contributed by atoms with Crippen LogP contribution in [0.1, 0.15) is 43.9 Å². The number of pyridine rings is 1. The van der Waals surface area contributed by atoms with Gasteiger partial charge in [-0.05, 0) is 67.0 Å². The van der Waals surface area contributed by atoms with Crippen LogP contribution >= 0.6 is 0 Å². The molecule has 5 atom stereocenters. The highest BCUT2D eigenvalue weighted by Crippen LogP contribution is 2.49. The maximum absolute atomic E-state index is 13.7. The number of ketones is 1. The molecule has 1 aromatic heterocycles. The van der Waals surface area contributed by atoms with Crippen LogP contribution in [0.4, 0.5) is 10.2 Å². The monoisotopic (exact) mass is 420 g/mol. The topological polar surface area (TPSA) is 59.5 Å². The number of hydrogen-bond acceptors (Lipinski definition) is 4. The first-order valence-electron chi connectivity index (χ1n) is 10.8. The summed E-state index contributed by atoms with van der Waals surface area (Å²) in [5, 5.41) is 0. The largest absolute Gasteiger partial charge is 0.483 e. The van der Waals surface area contributed by atoms with Gasteiger partial charge in [-0.1, -0.05) is 26.0 Å². The molecular formula is C25H25FN2O3. The van der Waals surface area contributed by atoms with Crippen molar-refractivity contribution >= 4 is 17.5 Å². The number of halogens is 1. The Bertz CT molecular complexity index is 1090. The highest BCUT2D eigenvalue weighted by molar-refractivity contribution is 6.17. The number of hydrogen-bond donors (Lipinski definition) is 0. The fourth-order valence-corrected chi connectivity index (χ4v) is 5.11. The van der Waals surface area contributed by atoms with Crippen molar-refractivity contribution in [2.75, 3.05) is 4.90 Å². The van der Waals surface area contributed by atoms with Crippen molar-refractivity contribution < 1.29 is 18.7 Å². The van der Waals surface area contributed by atoms with Crippen LogP contribution < -0.4 is 4.90 Å². The lowest BCUT2D eigenvalue weighted by Gasteiger charge is -2.40. The number of benzene rings is 1. The first kappa shape index (κ1) is 19.9. The van der Waals surface area contributed by atoms with Gasteiger partial charge in [-0.25, -0.2) is 9.37 Å². The summed E-state index contributed by atoms with van der Waals surface area (Å²) in [4.78, 5) is 33.2. The van der Waals surface area contributed by atoms with E-state index in [0.29, 0.717) is 28.8 Å². The van der Waals surface area contributed by atoms with E-state index >= 15 is 0 Å². The van der Waals surface area contributed by atoms with E-state index in [-0.39, 0.29) is 35.3 Å². The Hall–Kier alpha value is -3.02. The Balaban J connectivity index is 1.64. The molecule has 5 nitrogen and oxygen atoms in total. The second-order valence-corrected chi connectivity index (χ2v) is 9.12. The number of carbonyl (C=O) groups is 2. The van der Waals surface area contributed by atoms with Crippen LogP contribution in [0.25, 0.3) is 0 Å². The third-order valence-electron chi connectivity index (χ3n) is 7.04. The van der Waals surface area contributed by atoms with Gasteiger partial charge in [-0.2, -0.15) is 0 Å². The minimum Gasteiger partial charge on any atom is -0.483 e. The van der Waals surface area contributed by atoms with E-state index in [4.69, 9.17) is 4.74 Å². The molecule has 2 aromatic rings. The van der Waals surface area contributed by atoms with E-state index in [1.807, 2.05) is 19.1 Å². The van der Waals surface area contributed by atoms with Crippen LogP contribution in [0.5, 0.6) is 0 Å². The Morgan fingerprint density at radius 1 is 1.06 bits per heavy atom. The first-order chi connectivity index (χ1) is 14.8. The molecule has 3 heterocycles. The molecular weight excluding hydrogens is 395 g/mol. The maximum atomic E-state index is 13.7. The van der Waals surface area contributed by atoms with Crippen LogP contribution in [0.15, 0.2) is 53.9 Å². The SMILES string of the molecule is Cc1ccnc(N2C(=O)C3=C(C(=O)C4CC(C)C(C)CC4O3)C2c2ccc(F)cc2)c1. The second-order valence-electron chi connectivity index (χ2n) is 9.12. The Morgan fingerprint density at radius 3 is 2.48 bits per heavy atom. The number of anilines is 1. The molecule has 0 saturated heterocycles. The van der Waals surface area contributed by atoms with Crippen LogP contribution in [0.3, 0.4) is 0 Å². The molecule has 2 aliphatic heterocycles. The molecule has 160 valence electrons. The standard InChI is InChI=1S/C25H25FN2O3/c1-13-8-9-27-20(10-13)28-22(16-4-6-17(26)7-5-16)21-23(29)18-11-14(2)15(3)12-19(18)31-24(21)25(28)30/h4-10,14-15,18-19,22H,11-12H2,1-3H3. The van der Waals surface area contributed by atoms with Gasteiger partial charge in [0, 0.05) is 6.20 Å². The minimum absolute atomic E-state index is 0.0252. The summed E-state index contributed by atoms with van der Waals surface area (Å²) in [7, 11) is 0. The third-order valence-corrected chi connectivity index (χ3v) is 7.04. The number of amides is 1. The molecule has 1 fully saturated rings. The molecule has 1 saturated carbocycles. The van der Waals surface area contributed by atoms with Crippen molar-refractivity contribution in [3.8, 4) is 0 Å². The van der Waals surface area contributed by atoms with Crippen molar-refractivity contribution in [1.29, 1.82) is 0 Å². The summed E-state index contributed by atoms with van der Waals surface area (Å²) in [6.45, 7) is 6.25. The first-order valence-corrected chi connectivity index (χ1v) is 10.8. The summed E-state index contributed by atoms with van der Waals surface area (Å²) in [5.74, 6) is 0.404. The molecule has 31 heavy (non-hydrogen) atoms. The van der Waals surface area contributed by atoms with Gasteiger partial charge in [0.25, 0.3) is 5.91 Å². The number of carbonyl (C=O) groups excluding carboxylic acids is 2. The molecule has 1 aromatic carbocycles. The summed E-state index contributed by atoms with van der Waals surface area (Å²) >= 11 is 0. The van der Waals surface area contributed by atoms with Crippen molar-refractivity contribution in [3.63, 3.8) is 0 Å². The van der Waals surface area contributed by atoms with Gasteiger partial charge in [-0.15, -0.1) is 0 Å². The van der Waals surface area contributed by atoms with E-state index in [1.54, 1.807) is 18.3 Å². The number of nitrogens with zero attached hydrogens (tertiary/aromatic N) is 2. The molecule has 5 unspecified atom stereocenters. The van der Waals surface area contributed by atoms with E-state index in [0.717, 1.165) is 18.4 Å². The summed E-state index contributed by atoms with van der Waals surface area (Å²) in [5.41, 5.74) is 1.99. The Kier molecular flexibility index (Phi) is 4.68. The lowest BCUT2D eigenvalue weighted by Crippen LogP contribution is -2.43. The fraction of sp³-hybridized carbons (Fsp3) is 0.400. The number of fused-ring (bicyclic) bond motifs is 1. The molecule has 6 heteroatoms. The lowest BCUT2D eigenvalue weighted by molar-refractivity contribution is -0.134. The second kappa shape index (κ2) is 7.29. The van der Waals surface area contributed by atoms with Crippen molar-refractivity contribution in [3.05, 3.63) is 70.9 Å². The average Bonchev–Trinajstić information content (AvgIpc) is 3.03. The van der Waals surface area contributed by atoms with Gasteiger partial charge in [0.2, 0.25) is 0 Å². The van der Waals surface area contributed by atoms with E-state index in [9.17, 15) is 14.0 Å². The van der Waals surface area contributed by atoms with Gasteiger partial charge in [-0.3, -0.25) is 14.5 Å². The Labute approximate surface area is 180 Å². The molecule has 0 radical (unpaired) electrons. The van der Waals surface area contributed by atoms with Crippen molar-refractivity contribution in [1.82, 2.24) is 4.98 Å². The van der Waals surface area contributed by atoms with Gasteiger partial charge in [0.1, 0.15) is 17.7 Å². The highest BCUT2D eigenvalue weighted by atomic mass is 19.1. The van der Waals surface area contributed by atoms with Gasteiger partial charge in [0.05, 0.1) is 17.5 Å². The number of Topliss-reactive ketones (excluding diaryl/α,β-unsaturated/α-hetero) is 1. The molecule has 1 aliphatic carbocycles. The zero-order valence-electron chi connectivity index (χ0n) is 17.8. The number of aromatic nitrogens is 1. The smallest absolute Gasteiger partial charge is 0.295 e. The summed E-state index contributed by atoms with van der Waals surface area (Å²) in [6, 6.07) is 8.93. The van der Waals surface area contributed by atoms with Crippen LogP contribution in [0, 0.1) is 30.5 Å². The van der Waals surface area contributed by atoms with Crippen LogP contribution in [-0.4, -0.2) is 22.8 Å². The summed E-state index contributed by atoms with van der Waals surface area (Å²) < 4.78 is 19.9. The van der Waals surface area contributed by atoms with Crippen molar-refractivity contribution in [2.45, 2.75) is 45.8 Å². The highest BCUT2D eigenvalue weighted by Gasteiger charge is 2.54. The van der Waals surface area contributed by atoms with Gasteiger partial charge in [0.15, 0.2) is 11.5 Å². The number of aryl methyl sites for hydroxylation is 1. The minimum atomic E-state index is -0.680. The molecule has 5 rings (SSSR count). The normalized spacial score (nSPS) is 30.2. The fourth-order valence-electron chi connectivity index (χ4n) is 5.11. The van der Waals surface area contributed by atoms with Crippen LogP contribution in [-0.2, 0) is 14.3 Å². The molecule has 0 bridgehead atoms. The van der Waals surface area contributed by atoms with E-state index < -0.39 is 6.04 Å². The molecule has 0 N–H and O–H groups in total. The zero-order chi connectivity index (χ0) is 21.9. The number of ether oxygens (including phenoxy) is 1. The van der Waals surface area contributed by atoms with E-state index in [2.05, 4.69) is 18.8 Å². The van der Waals surface area contributed by atoms with Crippen LogP contribution in [0.2, 0.25) is 0 Å². The molecule has 3 aliphatic rings. The summed E-state index contributed by atoms with van der Waals surface area (Å²) in [6.07, 6.45) is 2.86. The Morgan fingerprint density at radius 2 is 1.77 bits per heavy atom. The lowest BCUT2D eigenvalue weighted by atomic mass is 9.70. The zero-order valence-corrected chi connectivity index (χ0v) is 17.8. The van der Waals surface area contributed by atoms with Crippen molar-refractivity contribution in [2.24, 2.45) is 17.8 Å². The number of rotatable bonds is 2. The predicted octanol–water partition coefficient (Wildman–Crippen LogP) is 4.52. The van der Waals surface area contributed by atoms with E-state index in [1.165, 1.54) is 17.0 Å². The average molecular weight is 420 g/mol. The third kappa shape index (κ3) is 3.16. The maximum Gasteiger partial charge on any atom is 0.295 e.